The Morgan fingerprint density at radius 1 is 1.06 bits per heavy atom. The molecule has 0 aliphatic carbocycles. The molecule has 274 valence electrons. The Labute approximate surface area is 302 Å². The number of unbranched alkanes of at least 4 members (excludes halogenated alkanes) is 2. The van der Waals surface area contributed by atoms with Crippen LogP contribution in [0.2, 0.25) is 0 Å². The van der Waals surface area contributed by atoms with E-state index in [1.54, 1.807) is 29.0 Å². The van der Waals surface area contributed by atoms with Gasteiger partial charge in [0.05, 0.1) is 36.6 Å². The minimum Gasteiger partial charge on any atom is -0.455 e. The minimum absolute atomic E-state index is 0.108. The van der Waals surface area contributed by atoms with E-state index in [-0.39, 0.29) is 18.2 Å². The third-order valence-corrected chi connectivity index (χ3v) is 11.0. The van der Waals surface area contributed by atoms with Crippen LogP contribution in [0.1, 0.15) is 82.1 Å². The molecule has 0 aromatic heterocycles. The molecule has 2 aromatic rings. The number of likely N-dealkylation sites (N-methyl/N-ethyl adjacent to an activating group) is 1. The summed E-state index contributed by atoms with van der Waals surface area (Å²) in [7, 11) is 1.69. The Morgan fingerprint density at radius 3 is 2.33 bits per heavy atom. The SMILES string of the molecule is C=CCCC(=O)N(C)[C@@H](C)[C@@H](OC(=O)[C@@H]1[C@@H]2CC[C@]3(O2)[C@H](C(=O)N(CC=C)CCCCC)N([C@H](CO)c2ccccc2)C(=O)[C@@H]13)c1ccccc1. The lowest BCUT2D eigenvalue weighted by atomic mass is 9.70. The number of likely N-dealkylation sites (tertiary alicyclic amines) is 1. The average molecular weight is 700 g/mol. The molecule has 3 amide bonds. The van der Waals surface area contributed by atoms with Gasteiger partial charge in [-0.25, -0.2) is 0 Å². The number of esters is 1. The van der Waals surface area contributed by atoms with E-state index in [1.165, 1.54) is 4.90 Å². The third kappa shape index (κ3) is 7.39. The number of amides is 3. The van der Waals surface area contributed by atoms with E-state index < -0.39 is 66.3 Å². The van der Waals surface area contributed by atoms with Crippen LogP contribution in [0.5, 0.6) is 0 Å². The van der Waals surface area contributed by atoms with Crippen LogP contribution in [0.25, 0.3) is 0 Å². The van der Waals surface area contributed by atoms with Crippen LogP contribution in [-0.2, 0) is 28.7 Å². The second-order valence-electron chi connectivity index (χ2n) is 14.0. The van der Waals surface area contributed by atoms with Gasteiger partial charge in [0.1, 0.15) is 17.7 Å². The monoisotopic (exact) mass is 699 g/mol. The molecule has 0 radical (unpaired) electrons. The molecule has 0 unspecified atom stereocenters. The lowest BCUT2D eigenvalue weighted by Crippen LogP contribution is -2.57. The van der Waals surface area contributed by atoms with Gasteiger partial charge in [-0.05, 0) is 43.7 Å². The molecule has 3 heterocycles. The van der Waals surface area contributed by atoms with Crippen LogP contribution in [-0.4, -0.2) is 94.0 Å². The number of carbonyl (C=O) groups is 4. The number of aliphatic hydroxyl groups is 1. The molecule has 5 rings (SSSR count). The standard InChI is InChI=1S/C41H53N3O7/c1-6-9-17-26-43(25-8-3)39(48)37-41-24-23-32(51-41)34(35(41)38(47)44(37)31(27-45)29-18-13-11-14-19-29)40(49)50-36(30-20-15-12-16-21-30)28(4)42(5)33(46)22-10-7-2/h7-8,11-16,18-21,28,31-32,34-37,45H,2-3,6,9-10,17,22-27H2,1,4-5H3/t28-,31+,32-,34+,35+,36+,37-,41+/m0/s1. The highest BCUT2D eigenvalue weighted by Gasteiger charge is 2.76. The number of hydrogen-bond acceptors (Lipinski definition) is 7. The molecular formula is C41H53N3O7. The largest absolute Gasteiger partial charge is 0.455 e. The summed E-state index contributed by atoms with van der Waals surface area (Å²) in [6.07, 6.45) is 6.31. The first-order valence-corrected chi connectivity index (χ1v) is 18.3. The lowest BCUT2D eigenvalue weighted by molar-refractivity contribution is -0.165. The van der Waals surface area contributed by atoms with Crippen molar-refractivity contribution in [2.24, 2.45) is 11.8 Å². The Kier molecular flexibility index (Phi) is 12.5. The molecule has 3 aliphatic rings. The molecule has 10 nitrogen and oxygen atoms in total. The summed E-state index contributed by atoms with van der Waals surface area (Å²) in [5.74, 6) is -3.37. The highest BCUT2D eigenvalue weighted by atomic mass is 16.6. The van der Waals surface area contributed by atoms with Crippen LogP contribution in [0.15, 0.2) is 86.0 Å². The first-order chi connectivity index (χ1) is 24.6. The van der Waals surface area contributed by atoms with E-state index in [9.17, 15) is 24.3 Å². The highest BCUT2D eigenvalue weighted by Crippen LogP contribution is 2.60. The van der Waals surface area contributed by atoms with Crippen LogP contribution in [0, 0.1) is 11.8 Å². The summed E-state index contributed by atoms with van der Waals surface area (Å²) in [6, 6.07) is 16.0. The number of nitrogens with zero attached hydrogens (tertiary/aromatic N) is 3. The molecule has 51 heavy (non-hydrogen) atoms. The van der Waals surface area contributed by atoms with Gasteiger partial charge in [0.15, 0.2) is 0 Å². The Morgan fingerprint density at radius 2 is 1.73 bits per heavy atom. The molecule has 1 spiro atoms. The molecule has 0 saturated carbocycles. The second kappa shape index (κ2) is 16.8. The number of rotatable bonds is 18. The Balaban J connectivity index is 1.52. The summed E-state index contributed by atoms with van der Waals surface area (Å²) < 4.78 is 13.1. The van der Waals surface area contributed by atoms with Crippen LogP contribution >= 0.6 is 0 Å². The number of benzene rings is 2. The quantitative estimate of drug-likeness (QED) is 0.126. The van der Waals surface area contributed by atoms with E-state index in [1.807, 2.05) is 67.6 Å². The number of fused-ring (bicyclic) bond motifs is 1. The normalized spacial score (nSPS) is 25.1. The van der Waals surface area contributed by atoms with Crippen molar-refractivity contribution >= 4 is 23.7 Å². The van der Waals surface area contributed by atoms with Crippen molar-refractivity contribution in [1.82, 2.24) is 14.7 Å². The fourth-order valence-corrected chi connectivity index (χ4v) is 8.30. The summed E-state index contributed by atoms with van der Waals surface area (Å²) in [4.78, 5) is 62.0. The van der Waals surface area contributed by atoms with Crippen LogP contribution in [0.4, 0.5) is 0 Å². The van der Waals surface area contributed by atoms with E-state index >= 15 is 0 Å². The number of ether oxygens (including phenoxy) is 2. The predicted octanol–water partition coefficient (Wildman–Crippen LogP) is 5.40. The van der Waals surface area contributed by atoms with Gasteiger partial charge in [-0.2, -0.15) is 0 Å². The molecule has 8 atom stereocenters. The molecule has 3 saturated heterocycles. The average Bonchev–Trinajstić information content (AvgIpc) is 3.80. The topological polar surface area (TPSA) is 117 Å². The Bertz CT molecular complexity index is 1550. The summed E-state index contributed by atoms with van der Waals surface area (Å²) in [5, 5.41) is 10.8. The molecule has 3 aliphatic heterocycles. The van der Waals surface area contributed by atoms with Gasteiger partial charge in [0.25, 0.3) is 0 Å². The van der Waals surface area contributed by atoms with E-state index in [2.05, 4.69) is 20.1 Å². The van der Waals surface area contributed by atoms with Crippen molar-refractivity contribution in [1.29, 1.82) is 0 Å². The number of hydrogen-bond donors (Lipinski definition) is 1. The summed E-state index contributed by atoms with van der Waals surface area (Å²) >= 11 is 0. The molecule has 2 bridgehead atoms. The van der Waals surface area contributed by atoms with Gasteiger partial charge >= 0.3 is 5.97 Å². The smallest absolute Gasteiger partial charge is 0.313 e. The second-order valence-corrected chi connectivity index (χ2v) is 14.0. The number of allylic oxidation sites excluding steroid dienone is 1. The molecule has 10 heteroatoms. The van der Waals surface area contributed by atoms with E-state index in [0.29, 0.717) is 43.5 Å². The molecule has 2 aromatic carbocycles. The van der Waals surface area contributed by atoms with Crippen molar-refractivity contribution in [3.63, 3.8) is 0 Å². The first kappa shape index (κ1) is 38.0. The fourth-order valence-electron chi connectivity index (χ4n) is 8.30. The number of carbonyl (C=O) groups excluding carboxylic acids is 4. The van der Waals surface area contributed by atoms with Gasteiger partial charge in [0.2, 0.25) is 17.7 Å². The molecular weight excluding hydrogens is 646 g/mol. The van der Waals surface area contributed by atoms with Crippen molar-refractivity contribution < 1.29 is 33.8 Å². The number of aliphatic hydroxyl groups excluding tert-OH is 1. The highest BCUT2D eigenvalue weighted by molar-refractivity contribution is 5.98. The maximum Gasteiger partial charge on any atom is 0.313 e. The predicted molar refractivity (Wildman–Crippen MR) is 194 cm³/mol. The zero-order valence-electron chi connectivity index (χ0n) is 30.2. The van der Waals surface area contributed by atoms with Crippen molar-refractivity contribution in [3.8, 4) is 0 Å². The summed E-state index contributed by atoms with van der Waals surface area (Å²) in [5.41, 5.74) is 0.115. The fraction of sp³-hybridized carbons (Fsp3) is 0.512. The summed E-state index contributed by atoms with van der Waals surface area (Å²) in [6.45, 7) is 11.9. The van der Waals surface area contributed by atoms with Gasteiger partial charge in [0, 0.05) is 26.6 Å². The maximum absolute atomic E-state index is 14.9. The van der Waals surface area contributed by atoms with Crippen molar-refractivity contribution in [2.75, 3.05) is 26.7 Å². The van der Waals surface area contributed by atoms with Crippen LogP contribution in [0.3, 0.4) is 0 Å². The van der Waals surface area contributed by atoms with E-state index in [0.717, 1.165) is 19.3 Å². The van der Waals surface area contributed by atoms with Gasteiger partial charge in [-0.1, -0.05) is 92.6 Å². The molecule has 1 N–H and O–H groups in total. The van der Waals surface area contributed by atoms with Crippen LogP contribution < -0.4 is 0 Å². The van der Waals surface area contributed by atoms with Crippen molar-refractivity contribution in [3.05, 3.63) is 97.1 Å². The zero-order valence-corrected chi connectivity index (χ0v) is 30.2. The Hall–Kier alpha value is -4.28. The van der Waals surface area contributed by atoms with Crippen molar-refractivity contribution in [2.45, 2.75) is 94.7 Å². The maximum atomic E-state index is 14.9. The lowest BCUT2D eigenvalue weighted by Gasteiger charge is -2.39. The minimum atomic E-state index is -1.28. The first-order valence-electron chi connectivity index (χ1n) is 18.3. The zero-order chi connectivity index (χ0) is 36.7. The third-order valence-electron chi connectivity index (χ3n) is 11.0. The van der Waals surface area contributed by atoms with Gasteiger partial charge in [-0.3, -0.25) is 19.2 Å². The van der Waals surface area contributed by atoms with Gasteiger partial charge in [-0.15, -0.1) is 13.2 Å². The van der Waals surface area contributed by atoms with Gasteiger partial charge < -0.3 is 29.3 Å². The van der Waals surface area contributed by atoms with E-state index in [4.69, 9.17) is 9.47 Å². The molecule has 3 fully saturated rings.